The summed E-state index contributed by atoms with van der Waals surface area (Å²) in [6.45, 7) is 3.50. The fourth-order valence-corrected chi connectivity index (χ4v) is 3.00. The van der Waals surface area contributed by atoms with Gasteiger partial charge in [0.25, 0.3) is 0 Å². The third-order valence-corrected chi connectivity index (χ3v) is 4.47. The molecule has 122 valence electrons. The van der Waals surface area contributed by atoms with E-state index in [2.05, 4.69) is 24.5 Å². The molecule has 0 unspecified atom stereocenters. The largest absolute Gasteiger partial charge is 0.489 e. The minimum absolute atomic E-state index is 0.255. The molecule has 0 atom stereocenters. The van der Waals surface area contributed by atoms with E-state index >= 15 is 0 Å². The van der Waals surface area contributed by atoms with Crippen LogP contribution in [-0.2, 0) is 0 Å². The molecule has 2 aromatic rings. The first-order valence-corrected chi connectivity index (χ1v) is 8.18. The highest BCUT2D eigenvalue weighted by Crippen LogP contribution is 2.31. The molecule has 1 saturated heterocycles. The van der Waals surface area contributed by atoms with Gasteiger partial charge in [0.05, 0.1) is 6.20 Å². The maximum atomic E-state index is 10.9. The second-order valence-corrected chi connectivity index (χ2v) is 6.38. The Morgan fingerprint density at radius 1 is 1.26 bits per heavy atom. The van der Waals surface area contributed by atoms with E-state index < -0.39 is 5.76 Å². The Kier molecular flexibility index (Phi) is 3.87. The minimum Gasteiger partial charge on any atom is -0.489 e. The number of hydrogen-bond acceptors (Lipinski definition) is 6. The van der Waals surface area contributed by atoms with E-state index in [9.17, 15) is 4.79 Å². The van der Waals surface area contributed by atoms with Crippen LogP contribution in [0, 0.1) is 5.92 Å². The molecule has 1 saturated carbocycles. The van der Waals surface area contributed by atoms with Gasteiger partial charge < -0.3 is 9.64 Å². The second-order valence-electron chi connectivity index (χ2n) is 6.38. The normalized spacial score (nSPS) is 19.8. The lowest BCUT2D eigenvalue weighted by Crippen LogP contribution is -2.39. The van der Waals surface area contributed by atoms with E-state index in [0.717, 1.165) is 37.6 Å². The first kappa shape index (κ1) is 14.4. The maximum Gasteiger partial charge on any atom is 0.439 e. The Balaban J connectivity index is 1.31. The summed E-state index contributed by atoms with van der Waals surface area (Å²) in [5, 5.41) is 3.62. The average Bonchev–Trinajstić information content (AvgIpc) is 3.28. The van der Waals surface area contributed by atoms with Gasteiger partial charge in [0.2, 0.25) is 5.82 Å². The minimum atomic E-state index is -0.583. The van der Waals surface area contributed by atoms with Gasteiger partial charge in [0.1, 0.15) is 17.5 Å². The van der Waals surface area contributed by atoms with E-state index in [-0.39, 0.29) is 6.10 Å². The second kappa shape index (κ2) is 6.16. The van der Waals surface area contributed by atoms with Crippen molar-refractivity contribution in [3.8, 4) is 17.3 Å². The number of ether oxygens (including phenoxy) is 1. The van der Waals surface area contributed by atoms with Crippen LogP contribution < -0.4 is 10.5 Å². The fraction of sp³-hybridized carbons (Fsp3) is 0.562. The summed E-state index contributed by atoms with van der Waals surface area (Å²) in [7, 11) is 0. The molecule has 0 aromatic carbocycles. The van der Waals surface area contributed by atoms with Gasteiger partial charge in [-0.15, -0.1) is 0 Å². The predicted octanol–water partition coefficient (Wildman–Crippen LogP) is 1.68. The number of hydrogen-bond donors (Lipinski definition) is 1. The van der Waals surface area contributed by atoms with Crippen LogP contribution in [0.3, 0.4) is 0 Å². The zero-order valence-electron chi connectivity index (χ0n) is 12.9. The number of aromatic amines is 1. The maximum absolute atomic E-state index is 10.9. The highest BCUT2D eigenvalue weighted by Gasteiger charge is 2.27. The Labute approximate surface area is 133 Å². The summed E-state index contributed by atoms with van der Waals surface area (Å²) in [5.74, 6) is 1.45. The summed E-state index contributed by atoms with van der Waals surface area (Å²) < 4.78 is 10.5. The number of rotatable bonds is 5. The van der Waals surface area contributed by atoms with Crippen molar-refractivity contribution < 1.29 is 9.26 Å². The number of piperidine rings is 1. The van der Waals surface area contributed by atoms with Crippen LogP contribution in [-0.4, -0.2) is 45.8 Å². The molecule has 0 amide bonds. The molecule has 4 rings (SSSR count). The zero-order chi connectivity index (χ0) is 15.6. The van der Waals surface area contributed by atoms with Gasteiger partial charge in [0, 0.05) is 19.6 Å². The Morgan fingerprint density at radius 2 is 2.09 bits per heavy atom. The van der Waals surface area contributed by atoms with Crippen LogP contribution in [0.2, 0.25) is 0 Å². The summed E-state index contributed by atoms with van der Waals surface area (Å²) in [6, 6.07) is 3.62. The number of H-pyrrole nitrogens is 1. The lowest BCUT2D eigenvalue weighted by atomic mass is 10.1. The van der Waals surface area contributed by atoms with Crippen molar-refractivity contribution in [3.63, 3.8) is 0 Å². The summed E-state index contributed by atoms with van der Waals surface area (Å²) in [5.41, 5.74) is 0.558. The number of nitrogens with zero attached hydrogens (tertiary/aromatic N) is 3. The molecule has 7 heteroatoms. The molecule has 1 aliphatic heterocycles. The van der Waals surface area contributed by atoms with Crippen molar-refractivity contribution in [2.75, 3.05) is 19.6 Å². The number of aromatic nitrogens is 3. The Hall–Kier alpha value is -2.15. The molecular weight excluding hydrogens is 296 g/mol. The van der Waals surface area contributed by atoms with E-state index in [4.69, 9.17) is 4.74 Å². The number of nitrogens with one attached hydrogen (secondary N) is 1. The molecule has 3 heterocycles. The average molecular weight is 316 g/mol. The lowest BCUT2D eigenvalue weighted by molar-refractivity contribution is 0.0977. The van der Waals surface area contributed by atoms with Crippen molar-refractivity contribution in [2.24, 2.45) is 5.92 Å². The van der Waals surface area contributed by atoms with Gasteiger partial charge in [-0.2, -0.15) is 0 Å². The zero-order valence-corrected chi connectivity index (χ0v) is 12.9. The SMILES string of the molecule is O=c1[nH]c(-c2ccc(OC3CCN(CC4CC4)CC3)cn2)no1. The molecule has 1 N–H and O–H groups in total. The van der Waals surface area contributed by atoms with Crippen LogP contribution in [0.1, 0.15) is 25.7 Å². The molecule has 2 aromatic heterocycles. The smallest absolute Gasteiger partial charge is 0.439 e. The topological polar surface area (TPSA) is 84.3 Å². The third-order valence-electron chi connectivity index (χ3n) is 4.47. The van der Waals surface area contributed by atoms with Gasteiger partial charge in [-0.25, -0.2) is 9.78 Å². The molecule has 23 heavy (non-hydrogen) atoms. The standard InChI is InChI=1S/C16H20N4O3/c21-16-18-15(19-23-16)14-4-3-13(9-17-14)22-12-5-7-20(8-6-12)10-11-1-2-11/h3-4,9,11-12H,1-2,5-8,10H2,(H,18,19,21). The van der Waals surface area contributed by atoms with E-state index in [1.165, 1.54) is 19.4 Å². The van der Waals surface area contributed by atoms with Crippen molar-refractivity contribution in [1.29, 1.82) is 0 Å². The molecule has 0 radical (unpaired) electrons. The Bertz CT molecular complexity index is 697. The molecule has 7 nitrogen and oxygen atoms in total. The fourth-order valence-electron chi connectivity index (χ4n) is 3.00. The van der Waals surface area contributed by atoms with Crippen LogP contribution in [0.15, 0.2) is 27.6 Å². The Morgan fingerprint density at radius 3 is 2.70 bits per heavy atom. The van der Waals surface area contributed by atoms with Crippen LogP contribution in [0.5, 0.6) is 5.75 Å². The van der Waals surface area contributed by atoms with E-state index in [1.807, 2.05) is 6.07 Å². The summed E-state index contributed by atoms with van der Waals surface area (Å²) >= 11 is 0. The molecule has 0 bridgehead atoms. The van der Waals surface area contributed by atoms with Gasteiger partial charge in [-0.05, 0) is 43.7 Å². The van der Waals surface area contributed by atoms with Gasteiger partial charge in [-0.3, -0.25) is 9.51 Å². The first-order chi connectivity index (χ1) is 11.3. The molecular formula is C16H20N4O3. The molecule has 2 fully saturated rings. The van der Waals surface area contributed by atoms with E-state index in [1.54, 1.807) is 12.3 Å². The molecule has 0 spiro atoms. The van der Waals surface area contributed by atoms with Gasteiger partial charge in [-0.1, -0.05) is 5.16 Å². The number of likely N-dealkylation sites (tertiary alicyclic amines) is 1. The molecule has 1 aliphatic carbocycles. The summed E-state index contributed by atoms with van der Waals surface area (Å²) in [6.07, 6.45) is 6.86. The third kappa shape index (κ3) is 3.61. The van der Waals surface area contributed by atoms with Crippen molar-refractivity contribution >= 4 is 0 Å². The van der Waals surface area contributed by atoms with Gasteiger partial charge in [0.15, 0.2) is 0 Å². The predicted molar refractivity (Wildman–Crippen MR) is 83.2 cm³/mol. The van der Waals surface area contributed by atoms with Crippen molar-refractivity contribution in [3.05, 3.63) is 28.9 Å². The molecule has 2 aliphatic rings. The highest BCUT2D eigenvalue weighted by molar-refractivity contribution is 5.48. The highest BCUT2D eigenvalue weighted by atomic mass is 16.5. The van der Waals surface area contributed by atoms with Crippen molar-refractivity contribution in [2.45, 2.75) is 31.8 Å². The van der Waals surface area contributed by atoms with E-state index in [0.29, 0.717) is 11.5 Å². The van der Waals surface area contributed by atoms with Crippen LogP contribution >= 0.6 is 0 Å². The van der Waals surface area contributed by atoms with Crippen molar-refractivity contribution in [1.82, 2.24) is 20.0 Å². The summed E-state index contributed by atoms with van der Waals surface area (Å²) in [4.78, 5) is 20.2. The lowest BCUT2D eigenvalue weighted by Gasteiger charge is -2.32. The van der Waals surface area contributed by atoms with Gasteiger partial charge >= 0.3 is 5.76 Å². The quantitative estimate of drug-likeness (QED) is 0.903. The van der Waals surface area contributed by atoms with Crippen LogP contribution in [0.25, 0.3) is 11.5 Å². The van der Waals surface area contributed by atoms with Crippen LogP contribution in [0.4, 0.5) is 0 Å². The number of pyridine rings is 1. The monoisotopic (exact) mass is 316 g/mol. The first-order valence-electron chi connectivity index (χ1n) is 8.18.